The molecule has 37 heavy (non-hydrogen) atoms. The normalized spacial score (nSPS) is 17.0. The maximum absolute atomic E-state index is 13.6. The molecule has 0 saturated carbocycles. The molecule has 2 aliphatic heterocycles. The minimum atomic E-state index is -3.77. The summed E-state index contributed by atoms with van der Waals surface area (Å²) in [7, 11) is -2.11. The van der Waals surface area contributed by atoms with Gasteiger partial charge in [-0.3, -0.25) is 9.69 Å². The number of rotatable bonds is 5. The highest BCUT2D eigenvalue weighted by atomic mass is 32.2. The van der Waals surface area contributed by atoms with Gasteiger partial charge < -0.3 is 9.80 Å². The van der Waals surface area contributed by atoms with Crippen molar-refractivity contribution in [3.63, 3.8) is 0 Å². The van der Waals surface area contributed by atoms with Crippen LogP contribution >= 0.6 is 0 Å². The quantitative estimate of drug-likeness (QED) is 0.512. The van der Waals surface area contributed by atoms with Crippen molar-refractivity contribution in [1.82, 2.24) is 14.7 Å². The molecule has 10 heteroatoms. The smallest absolute Gasteiger partial charge is 0.285 e. The third kappa shape index (κ3) is 5.12. The van der Waals surface area contributed by atoms with Gasteiger partial charge in [-0.15, -0.1) is 4.40 Å². The van der Waals surface area contributed by atoms with E-state index >= 15 is 0 Å². The van der Waals surface area contributed by atoms with Crippen LogP contribution in [0.2, 0.25) is 0 Å². The highest BCUT2D eigenvalue weighted by Gasteiger charge is 2.33. The van der Waals surface area contributed by atoms with E-state index in [2.05, 4.69) is 9.30 Å². The first kappa shape index (κ1) is 25.0. The maximum Gasteiger partial charge on any atom is 0.285 e. The van der Waals surface area contributed by atoms with Crippen LogP contribution in [0.1, 0.15) is 22.7 Å². The Morgan fingerprint density at radius 2 is 1.43 bits per heavy atom. The number of fused-ring (bicyclic) bond motifs is 1. The highest BCUT2D eigenvalue weighted by Crippen LogP contribution is 2.30. The van der Waals surface area contributed by atoms with E-state index in [1.165, 1.54) is 30.3 Å². The van der Waals surface area contributed by atoms with Crippen molar-refractivity contribution < 1.29 is 22.0 Å². The first-order valence-corrected chi connectivity index (χ1v) is 13.4. The Balaban J connectivity index is 1.27. The molecule has 3 aromatic carbocycles. The molecule has 2 aliphatic rings. The molecule has 0 aromatic heterocycles. The number of benzene rings is 3. The molecule has 192 valence electrons. The van der Waals surface area contributed by atoms with Crippen LogP contribution in [-0.4, -0.2) is 74.6 Å². The number of sulfonamides is 1. The lowest BCUT2D eigenvalue weighted by Gasteiger charge is -2.40. The second kappa shape index (κ2) is 10.0. The molecule has 5 rings (SSSR count). The van der Waals surface area contributed by atoms with E-state index in [0.717, 1.165) is 11.1 Å². The second-order valence-electron chi connectivity index (χ2n) is 9.16. The molecule has 0 bridgehead atoms. The van der Waals surface area contributed by atoms with E-state index in [1.807, 2.05) is 0 Å². The summed E-state index contributed by atoms with van der Waals surface area (Å²) in [5, 5.41) is 0. The fourth-order valence-corrected chi connectivity index (χ4v) is 6.13. The zero-order chi connectivity index (χ0) is 26.2. The largest absolute Gasteiger partial charge is 0.349 e. The van der Waals surface area contributed by atoms with Crippen molar-refractivity contribution in [2.75, 3.05) is 39.8 Å². The number of amides is 1. The van der Waals surface area contributed by atoms with Crippen LogP contribution in [0.4, 0.5) is 8.78 Å². The van der Waals surface area contributed by atoms with Crippen molar-refractivity contribution in [3.8, 4) is 0 Å². The molecule has 7 nitrogen and oxygen atoms in total. The summed E-state index contributed by atoms with van der Waals surface area (Å²) in [6.45, 7) is 2.04. The molecule has 0 spiro atoms. The number of piperazine rings is 1. The zero-order valence-corrected chi connectivity index (χ0v) is 21.0. The summed E-state index contributed by atoms with van der Waals surface area (Å²) in [4.78, 5) is 18.8. The number of carbonyl (C=O) groups excluding carboxylic acids is 1. The summed E-state index contributed by atoms with van der Waals surface area (Å²) in [6, 6.07) is 18.9. The van der Waals surface area contributed by atoms with E-state index in [0.29, 0.717) is 31.7 Å². The Morgan fingerprint density at radius 3 is 2.00 bits per heavy atom. The standard InChI is InChI=1S/C27H26F2N4O3S/c1-31(27-23-4-2-3-5-24(23)37(35,36)30-27)18-25(34)32-14-16-33(17-15-32)26(19-6-10-21(28)11-7-19)20-8-12-22(29)13-9-20/h2-13,26H,14-18H2,1H3. The van der Waals surface area contributed by atoms with Gasteiger partial charge in [0.1, 0.15) is 16.5 Å². The number of hydrogen-bond acceptors (Lipinski definition) is 5. The molecule has 0 N–H and O–H groups in total. The number of likely N-dealkylation sites (N-methyl/N-ethyl adjacent to an activating group) is 1. The first-order valence-electron chi connectivity index (χ1n) is 11.9. The van der Waals surface area contributed by atoms with E-state index in [4.69, 9.17) is 0 Å². The minimum absolute atomic E-state index is 0.0119. The number of carbonyl (C=O) groups is 1. The van der Waals surface area contributed by atoms with Gasteiger partial charge in [0.2, 0.25) is 5.91 Å². The van der Waals surface area contributed by atoms with E-state index in [-0.39, 0.29) is 40.9 Å². The first-order chi connectivity index (χ1) is 17.7. The molecule has 0 radical (unpaired) electrons. The predicted molar refractivity (Wildman–Crippen MR) is 136 cm³/mol. The zero-order valence-electron chi connectivity index (χ0n) is 20.2. The minimum Gasteiger partial charge on any atom is -0.349 e. The van der Waals surface area contributed by atoms with Crippen molar-refractivity contribution in [2.24, 2.45) is 4.40 Å². The van der Waals surface area contributed by atoms with Crippen molar-refractivity contribution in [3.05, 3.63) is 101 Å². The Kier molecular flexibility index (Phi) is 6.78. The van der Waals surface area contributed by atoms with Crippen molar-refractivity contribution in [2.45, 2.75) is 10.9 Å². The molecule has 2 heterocycles. The van der Waals surface area contributed by atoms with Crippen LogP contribution in [0.3, 0.4) is 0 Å². The molecule has 1 fully saturated rings. The van der Waals surface area contributed by atoms with Gasteiger partial charge in [-0.25, -0.2) is 8.78 Å². The van der Waals surface area contributed by atoms with Gasteiger partial charge in [0, 0.05) is 38.8 Å². The Labute approximate surface area is 214 Å². The fourth-order valence-electron chi connectivity index (χ4n) is 4.88. The van der Waals surface area contributed by atoms with Gasteiger partial charge in [0.15, 0.2) is 5.84 Å². The summed E-state index contributed by atoms with van der Waals surface area (Å²) in [6.07, 6.45) is 0. The average Bonchev–Trinajstić information content (AvgIpc) is 3.18. The summed E-state index contributed by atoms with van der Waals surface area (Å²) >= 11 is 0. The topological polar surface area (TPSA) is 73.3 Å². The van der Waals surface area contributed by atoms with Crippen molar-refractivity contribution in [1.29, 1.82) is 0 Å². The lowest BCUT2D eigenvalue weighted by molar-refractivity contribution is -0.133. The van der Waals surface area contributed by atoms with Gasteiger partial charge in [-0.1, -0.05) is 36.4 Å². The fraction of sp³-hybridized carbons (Fsp3) is 0.259. The SMILES string of the molecule is CN(CC(=O)N1CCN(C(c2ccc(F)cc2)c2ccc(F)cc2)CC1)C1=NS(=O)(=O)c2ccccc21. The van der Waals surface area contributed by atoms with Crippen LogP contribution in [0.15, 0.2) is 82.1 Å². The Morgan fingerprint density at radius 1 is 0.892 bits per heavy atom. The number of halogens is 2. The number of hydrogen-bond donors (Lipinski definition) is 0. The van der Waals surface area contributed by atoms with E-state index < -0.39 is 10.0 Å². The van der Waals surface area contributed by atoms with Crippen LogP contribution in [0.5, 0.6) is 0 Å². The predicted octanol–water partition coefficient (Wildman–Crippen LogP) is 3.28. The highest BCUT2D eigenvalue weighted by molar-refractivity contribution is 7.90. The van der Waals surface area contributed by atoms with Crippen molar-refractivity contribution >= 4 is 21.8 Å². The number of amidine groups is 1. The summed E-state index contributed by atoms with van der Waals surface area (Å²) < 4.78 is 55.8. The van der Waals surface area contributed by atoms with E-state index in [9.17, 15) is 22.0 Å². The molecule has 0 aliphatic carbocycles. The summed E-state index contributed by atoms with van der Waals surface area (Å²) in [5.74, 6) is -0.533. The molecular formula is C27H26F2N4O3S. The van der Waals surface area contributed by atoms with Crippen LogP contribution in [-0.2, 0) is 14.8 Å². The molecule has 1 amide bonds. The van der Waals surface area contributed by atoms with Crippen LogP contribution in [0, 0.1) is 11.6 Å². The Bertz CT molecular complexity index is 1390. The third-order valence-corrected chi connectivity index (χ3v) is 8.08. The second-order valence-corrected chi connectivity index (χ2v) is 10.7. The molecular weight excluding hydrogens is 498 g/mol. The monoisotopic (exact) mass is 524 g/mol. The lowest BCUT2D eigenvalue weighted by atomic mass is 9.96. The average molecular weight is 525 g/mol. The van der Waals surface area contributed by atoms with Gasteiger partial charge in [0.05, 0.1) is 12.6 Å². The Hall–Kier alpha value is -3.63. The molecule has 0 unspecified atom stereocenters. The lowest BCUT2D eigenvalue weighted by Crippen LogP contribution is -2.52. The molecule has 3 aromatic rings. The molecule has 0 atom stereocenters. The third-order valence-electron chi connectivity index (χ3n) is 6.75. The number of nitrogens with zero attached hydrogens (tertiary/aromatic N) is 4. The maximum atomic E-state index is 13.6. The van der Waals surface area contributed by atoms with Gasteiger partial charge in [-0.2, -0.15) is 8.42 Å². The summed E-state index contributed by atoms with van der Waals surface area (Å²) in [5.41, 5.74) is 2.25. The van der Waals surface area contributed by atoms with Crippen LogP contribution in [0.25, 0.3) is 0 Å². The van der Waals surface area contributed by atoms with Gasteiger partial charge in [0.25, 0.3) is 10.0 Å². The molecule has 1 saturated heterocycles. The van der Waals surface area contributed by atoms with Gasteiger partial charge >= 0.3 is 0 Å². The van der Waals surface area contributed by atoms with E-state index in [1.54, 1.807) is 59.3 Å². The van der Waals surface area contributed by atoms with Gasteiger partial charge in [-0.05, 0) is 47.5 Å². The van der Waals surface area contributed by atoms with Crippen LogP contribution < -0.4 is 0 Å².